The first-order valence-electron chi connectivity index (χ1n) is 19.1. The molecule has 2 N–H and O–H groups in total. The molecule has 0 saturated carbocycles. The van der Waals surface area contributed by atoms with Crippen molar-refractivity contribution in [1.29, 1.82) is 0 Å². The van der Waals surface area contributed by atoms with Gasteiger partial charge in [-0.15, -0.1) is 0 Å². The smallest absolute Gasteiger partial charge is 0.265 e. The molecule has 0 spiro atoms. The first kappa shape index (κ1) is 38.5. The molecule has 1 aliphatic heterocycles. The number of amides is 2. The van der Waals surface area contributed by atoms with Crippen molar-refractivity contribution in [2.24, 2.45) is 0 Å². The summed E-state index contributed by atoms with van der Waals surface area (Å²) in [5.41, 5.74) is 5.44. The Bertz CT molecular complexity index is 2510. The number of fused-ring (bicyclic) bond motifs is 2. The van der Waals surface area contributed by atoms with Gasteiger partial charge in [0.1, 0.15) is 5.75 Å². The molecule has 10 nitrogen and oxygen atoms in total. The van der Waals surface area contributed by atoms with Crippen LogP contribution in [0.4, 0.5) is 0 Å². The van der Waals surface area contributed by atoms with Crippen molar-refractivity contribution in [1.82, 2.24) is 19.4 Å². The van der Waals surface area contributed by atoms with Gasteiger partial charge in [0.15, 0.2) is 0 Å². The first-order chi connectivity index (χ1) is 27.1. The van der Waals surface area contributed by atoms with Crippen molar-refractivity contribution >= 4 is 32.6 Å². The summed E-state index contributed by atoms with van der Waals surface area (Å²) in [7, 11) is -4.27. The number of nitrogens with zero attached hydrogens (tertiary/aromatic N) is 3. The minimum Gasteiger partial charge on any atom is -0.494 e. The third-order valence-electron chi connectivity index (χ3n) is 10.5. The molecule has 2 heterocycles. The maximum absolute atomic E-state index is 14.8. The van der Waals surface area contributed by atoms with E-state index in [1.54, 1.807) is 23.1 Å². The molecule has 288 valence electrons. The van der Waals surface area contributed by atoms with Crippen molar-refractivity contribution in [3.05, 3.63) is 143 Å². The van der Waals surface area contributed by atoms with Crippen LogP contribution in [-0.4, -0.2) is 53.2 Å². The second kappa shape index (κ2) is 16.5. The van der Waals surface area contributed by atoms with E-state index in [0.717, 1.165) is 52.7 Å². The van der Waals surface area contributed by atoms with Gasteiger partial charge >= 0.3 is 0 Å². The number of nitrogens with one attached hydrogen (secondary N) is 1. The lowest BCUT2D eigenvalue weighted by Gasteiger charge is -2.30. The first-order valence-corrected chi connectivity index (χ1v) is 20.6. The van der Waals surface area contributed by atoms with Crippen LogP contribution in [0.25, 0.3) is 27.6 Å². The number of aliphatic hydroxyl groups excluding tert-OH is 1. The van der Waals surface area contributed by atoms with E-state index < -0.39 is 22.5 Å². The number of aliphatic hydroxyl groups is 1. The number of benzene rings is 5. The molecule has 56 heavy (non-hydrogen) atoms. The summed E-state index contributed by atoms with van der Waals surface area (Å²) in [6.45, 7) is 7.30. The second-order valence-electron chi connectivity index (χ2n) is 14.2. The molecule has 5 aromatic carbocycles. The summed E-state index contributed by atoms with van der Waals surface area (Å²) in [5.74, 6) is -0.501. The molecule has 0 fully saturated rings. The molecule has 0 radical (unpaired) electrons. The van der Waals surface area contributed by atoms with E-state index in [0.29, 0.717) is 42.9 Å². The number of sulfonamides is 1. The lowest BCUT2D eigenvalue weighted by molar-refractivity contribution is 0.0735. The van der Waals surface area contributed by atoms with Gasteiger partial charge in [0.25, 0.3) is 21.8 Å². The van der Waals surface area contributed by atoms with Gasteiger partial charge in [-0.3, -0.25) is 9.59 Å². The van der Waals surface area contributed by atoms with E-state index >= 15 is 0 Å². The summed E-state index contributed by atoms with van der Waals surface area (Å²) in [6.07, 6.45) is 3.38. The number of hydrogen-bond donors (Lipinski definition) is 2. The van der Waals surface area contributed by atoms with Crippen molar-refractivity contribution in [3.63, 3.8) is 0 Å². The SMILES string of the molecule is CCCCOc1ccc(-n2nc(CO)c(-c3ccc(C(=O)NS(=O)(=O)c4ccc5ccccc5c4)cc3C(=O)N3CCc4ccccc4C3)c2C(C)CC)cc1. The van der Waals surface area contributed by atoms with Crippen molar-refractivity contribution in [3.8, 4) is 22.6 Å². The van der Waals surface area contributed by atoms with Crippen LogP contribution in [0.15, 0.2) is 114 Å². The quantitative estimate of drug-likeness (QED) is 0.113. The highest BCUT2D eigenvalue weighted by molar-refractivity contribution is 7.90. The molecule has 0 bridgehead atoms. The molecule has 0 saturated heterocycles. The van der Waals surface area contributed by atoms with Crippen LogP contribution in [0.1, 0.15) is 89.2 Å². The molecule has 1 aliphatic rings. The monoisotopic (exact) mass is 770 g/mol. The van der Waals surface area contributed by atoms with E-state index in [4.69, 9.17) is 9.84 Å². The number of unbranched alkanes of at least 4 members (excludes halogenated alkanes) is 1. The molecule has 1 aromatic heterocycles. The average Bonchev–Trinajstić information content (AvgIpc) is 3.62. The van der Waals surface area contributed by atoms with Crippen LogP contribution >= 0.6 is 0 Å². The van der Waals surface area contributed by atoms with Gasteiger partial charge in [-0.05, 0) is 101 Å². The van der Waals surface area contributed by atoms with E-state index in [-0.39, 0.29) is 27.8 Å². The van der Waals surface area contributed by atoms with Crippen molar-refractivity contribution in [2.45, 2.75) is 70.4 Å². The highest BCUT2D eigenvalue weighted by atomic mass is 32.2. The molecule has 2 amide bonds. The Morgan fingerprint density at radius 3 is 2.36 bits per heavy atom. The van der Waals surface area contributed by atoms with Gasteiger partial charge in [-0.1, -0.05) is 87.9 Å². The number of ether oxygens (including phenoxy) is 1. The Hall–Kier alpha value is -5.78. The minimum absolute atomic E-state index is 0.000524. The third-order valence-corrected chi connectivity index (χ3v) is 11.9. The van der Waals surface area contributed by atoms with Gasteiger partial charge in [0.2, 0.25) is 0 Å². The normalized spacial score (nSPS) is 13.3. The molecular formula is C45H46N4O6S. The fourth-order valence-electron chi connectivity index (χ4n) is 7.24. The van der Waals surface area contributed by atoms with Gasteiger partial charge in [0, 0.05) is 29.8 Å². The molecule has 0 aliphatic carbocycles. The summed E-state index contributed by atoms with van der Waals surface area (Å²) < 4.78 is 37.0. The summed E-state index contributed by atoms with van der Waals surface area (Å²) in [5, 5.41) is 17.3. The van der Waals surface area contributed by atoms with Gasteiger partial charge in [-0.2, -0.15) is 5.10 Å². The van der Waals surface area contributed by atoms with Crippen LogP contribution in [-0.2, 0) is 29.6 Å². The Morgan fingerprint density at radius 1 is 0.893 bits per heavy atom. The summed E-state index contributed by atoms with van der Waals surface area (Å²) in [6, 6.07) is 32.3. The van der Waals surface area contributed by atoms with Gasteiger partial charge in [0.05, 0.1) is 35.2 Å². The van der Waals surface area contributed by atoms with Crippen molar-refractivity contribution < 1.29 is 27.9 Å². The largest absolute Gasteiger partial charge is 0.494 e. The Labute approximate surface area is 327 Å². The van der Waals surface area contributed by atoms with Gasteiger partial charge in [-0.25, -0.2) is 17.8 Å². The molecule has 1 unspecified atom stereocenters. The van der Waals surface area contributed by atoms with Crippen LogP contribution in [0.3, 0.4) is 0 Å². The lowest BCUT2D eigenvalue weighted by Crippen LogP contribution is -2.36. The molecule has 7 rings (SSSR count). The molecular weight excluding hydrogens is 725 g/mol. The van der Waals surface area contributed by atoms with Crippen LogP contribution < -0.4 is 9.46 Å². The Balaban J connectivity index is 1.32. The zero-order chi connectivity index (χ0) is 39.4. The maximum Gasteiger partial charge on any atom is 0.265 e. The second-order valence-corrected chi connectivity index (χ2v) is 15.9. The molecule has 6 aromatic rings. The van der Waals surface area contributed by atoms with Crippen LogP contribution in [0.2, 0.25) is 0 Å². The average molecular weight is 771 g/mol. The number of carbonyl (C=O) groups excluding carboxylic acids is 2. The minimum atomic E-state index is -4.27. The molecule has 11 heteroatoms. The third kappa shape index (κ3) is 7.82. The van der Waals surface area contributed by atoms with E-state index in [1.165, 1.54) is 29.8 Å². The maximum atomic E-state index is 14.8. The predicted octanol–water partition coefficient (Wildman–Crippen LogP) is 8.19. The number of carbonyl (C=O) groups is 2. The number of hydrogen-bond acceptors (Lipinski definition) is 7. The fraction of sp³-hybridized carbons (Fsp3) is 0.267. The van der Waals surface area contributed by atoms with Crippen molar-refractivity contribution in [2.75, 3.05) is 13.2 Å². The Kier molecular flexibility index (Phi) is 11.4. The van der Waals surface area contributed by atoms with Gasteiger partial charge < -0.3 is 14.7 Å². The fourth-order valence-corrected chi connectivity index (χ4v) is 8.25. The molecule has 1 atom stereocenters. The topological polar surface area (TPSA) is 131 Å². The predicted molar refractivity (Wildman–Crippen MR) is 218 cm³/mol. The zero-order valence-electron chi connectivity index (χ0n) is 31.9. The zero-order valence-corrected chi connectivity index (χ0v) is 32.7. The highest BCUT2D eigenvalue weighted by Gasteiger charge is 2.31. The van der Waals surface area contributed by atoms with E-state index in [2.05, 4.69) is 31.6 Å². The van der Waals surface area contributed by atoms with Crippen LogP contribution in [0, 0.1) is 0 Å². The number of rotatable bonds is 13. The number of aromatic nitrogens is 2. The summed E-state index contributed by atoms with van der Waals surface area (Å²) in [4.78, 5) is 30.3. The van der Waals surface area contributed by atoms with E-state index in [9.17, 15) is 23.1 Å². The lowest BCUT2D eigenvalue weighted by atomic mass is 9.89. The summed E-state index contributed by atoms with van der Waals surface area (Å²) >= 11 is 0. The van der Waals surface area contributed by atoms with Crippen LogP contribution in [0.5, 0.6) is 5.75 Å². The van der Waals surface area contributed by atoms with E-state index in [1.807, 2.05) is 65.3 Å². The Morgan fingerprint density at radius 2 is 1.62 bits per heavy atom. The standard InChI is InChI=1S/C45H46N4O6S/c1-4-6-25-55-37-19-17-36(18-20-37)49-43(30(3)5-2)42(41(29-50)46-49)39-22-16-34(27-40(39)45(52)48-24-23-32-12-8-10-14-35(32)28-48)44(51)47-56(53,54)38-21-15-31-11-7-9-13-33(31)26-38/h7-22,26-27,30,50H,4-6,23-25,28-29H2,1-3H3,(H,47,51). The highest BCUT2D eigenvalue weighted by Crippen LogP contribution is 2.39.